The van der Waals surface area contributed by atoms with Gasteiger partial charge in [-0.3, -0.25) is 9.59 Å². The largest absolute Gasteiger partial charge is 0.378 e. The molecule has 1 atom stereocenters. The third kappa shape index (κ3) is 2.52. The van der Waals surface area contributed by atoms with Crippen molar-refractivity contribution in [3.8, 4) is 0 Å². The third-order valence-corrected chi connectivity index (χ3v) is 4.23. The predicted octanol–water partition coefficient (Wildman–Crippen LogP) is 2.26. The molecule has 1 aromatic heterocycles. The summed E-state index contributed by atoms with van der Waals surface area (Å²) in [6.07, 6.45) is 3.34. The van der Waals surface area contributed by atoms with E-state index in [1.165, 1.54) is 0 Å². The van der Waals surface area contributed by atoms with Gasteiger partial charge in [-0.15, -0.1) is 0 Å². The zero-order valence-corrected chi connectivity index (χ0v) is 12.7. The highest BCUT2D eigenvalue weighted by molar-refractivity contribution is 5.98. The van der Waals surface area contributed by atoms with Crippen molar-refractivity contribution in [2.24, 2.45) is 0 Å². The molecule has 116 valence electrons. The van der Waals surface area contributed by atoms with Crippen molar-refractivity contribution in [3.63, 3.8) is 0 Å². The number of rotatable bonds is 4. The number of ether oxygens (including phenoxy) is 1. The van der Waals surface area contributed by atoms with E-state index in [9.17, 15) is 9.59 Å². The summed E-state index contributed by atoms with van der Waals surface area (Å²) in [6, 6.07) is 7.43. The normalized spacial score (nSPS) is 16.7. The van der Waals surface area contributed by atoms with E-state index in [0.29, 0.717) is 38.3 Å². The van der Waals surface area contributed by atoms with Gasteiger partial charge in [0.2, 0.25) is 5.91 Å². The van der Waals surface area contributed by atoms with Crippen LogP contribution in [0.2, 0.25) is 0 Å². The second-order valence-electron chi connectivity index (χ2n) is 5.49. The highest BCUT2D eigenvalue weighted by Gasteiger charge is 2.27. The number of aldehydes is 1. The standard InChI is InChI=1S/C17H20N2O3/c1-2-15(17(21)18-7-9-22-10-8-18)19-11-13(12-20)14-5-3-4-6-16(14)19/h3-6,11-12,15H,2,7-10H2,1H3/t15-/m1/s1. The van der Waals surface area contributed by atoms with Crippen molar-refractivity contribution in [2.75, 3.05) is 26.3 Å². The molecule has 1 aliphatic heterocycles. The Balaban J connectivity index is 1.99. The lowest BCUT2D eigenvalue weighted by Gasteiger charge is -2.31. The molecule has 2 heterocycles. The average Bonchev–Trinajstić information content (AvgIpc) is 2.95. The van der Waals surface area contributed by atoms with Gasteiger partial charge >= 0.3 is 0 Å². The molecular formula is C17H20N2O3. The van der Waals surface area contributed by atoms with Crippen molar-refractivity contribution in [2.45, 2.75) is 19.4 Å². The number of amides is 1. The van der Waals surface area contributed by atoms with Crippen molar-refractivity contribution >= 4 is 23.1 Å². The van der Waals surface area contributed by atoms with Crippen LogP contribution in [0.5, 0.6) is 0 Å². The smallest absolute Gasteiger partial charge is 0.245 e. The van der Waals surface area contributed by atoms with E-state index < -0.39 is 0 Å². The first-order valence-electron chi connectivity index (χ1n) is 7.67. The molecule has 1 aromatic carbocycles. The van der Waals surface area contributed by atoms with Crippen LogP contribution in [0.4, 0.5) is 0 Å². The molecule has 0 spiro atoms. The molecule has 1 saturated heterocycles. The fourth-order valence-corrected chi connectivity index (χ4v) is 3.07. The SMILES string of the molecule is CC[C@H](C(=O)N1CCOCC1)n1cc(C=O)c2ccccc21. The Morgan fingerprint density at radius 2 is 2.05 bits per heavy atom. The fraction of sp³-hybridized carbons (Fsp3) is 0.412. The first-order chi connectivity index (χ1) is 10.8. The van der Waals surface area contributed by atoms with Gasteiger partial charge in [-0.2, -0.15) is 0 Å². The van der Waals surface area contributed by atoms with Crippen LogP contribution in [0.1, 0.15) is 29.7 Å². The van der Waals surface area contributed by atoms with Crippen molar-refractivity contribution in [1.29, 1.82) is 0 Å². The minimum absolute atomic E-state index is 0.101. The Labute approximate surface area is 129 Å². The number of hydrogen-bond acceptors (Lipinski definition) is 3. The van der Waals surface area contributed by atoms with E-state index >= 15 is 0 Å². The van der Waals surface area contributed by atoms with Gasteiger partial charge in [-0.25, -0.2) is 0 Å². The summed E-state index contributed by atoms with van der Waals surface area (Å²) >= 11 is 0. The van der Waals surface area contributed by atoms with Crippen LogP contribution in [-0.2, 0) is 9.53 Å². The number of hydrogen-bond donors (Lipinski definition) is 0. The van der Waals surface area contributed by atoms with Gasteiger partial charge < -0.3 is 14.2 Å². The monoisotopic (exact) mass is 300 g/mol. The highest BCUT2D eigenvalue weighted by atomic mass is 16.5. The van der Waals surface area contributed by atoms with Gasteiger partial charge in [0.25, 0.3) is 0 Å². The Hall–Kier alpha value is -2.14. The number of carbonyl (C=O) groups excluding carboxylic acids is 2. The molecule has 0 bridgehead atoms. The molecule has 5 nitrogen and oxygen atoms in total. The molecule has 1 fully saturated rings. The molecular weight excluding hydrogens is 280 g/mol. The second-order valence-corrected chi connectivity index (χ2v) is 5.49. The maximum Gasteiger partial charge on any atom is 0.245 e. The zero-order chi connectivity index (χ0) is 15.5. The second kappa shape index (κ2) is 6.32. The molecule has 22 heavy (non-hydrogen) atoms. The molecule has 0 saturated carbocycles. The Morgan fingerprint density at radius 1 is 1.32 bits per heavy atom. The van der Waals surface area contributed by atoms with Crippen molar-refractivity contribution < 1.29 is 14.3 Å². The summed E-state index contributed by atoms with van der Waals surface area (Å²) in [5.41, 5.74) is 1.56. The van der Waals surface area contributed by atoms with Gasteiger partial charge in [0.05, 0.1) is 13.2 Å². The van der Waals surface area contributed by atoms with Crippen molar-refractivity contribution in [3.05, 3.63) is 36.0 Å². The lowest BCUT2D eigenvalue weighted by Crippen LogP contribution is -2.44. The van der Waals surface area contributed by atoms with Crippen LogP contribution in [0.3, 0.4) is 0 Å². The van der Waals surface area contributed by atoms with E-state index in [1.807, 2.05) is 40.7 Å². The molecule has 3 rings (SSSR count). The lowest BCUT2D eigenvalue weighted by molar-refractivity contribution is -0.138. The third-order valence-electron chi connectivity index (χ3n) is 4.23. The molecule has 0 unspecified atom stereocenters. The first kappa shape index (κ1) is 14.8. The topological polar surface area (TPSA) is 51.5 Å². The lowest BCUT2D eigenvalue weighted by atomic mass is 10.1. The minimum Gasteiger partial charge on any atom is -0.378 e. The number of fused-ring (bicyclic) bond motifs is 1. The number of para-hydroxylation sites is 1. The first-order valence-corrected chi connectivity index (χ1v) is 7.67. The molecule has 2 aromatic rings. The molecule has 5 heteroatoms. The van der Waals surface area contributed by atoms with E-state index in [0.717, 1.165) is 17.2 Å². The molecule has 0 N–H and O–H groups in total. The van der Waals surface area contributed by atoms with E-state index in [1.54, 1.807) is 6.20 Å². The molecule has 1 amide bonds. The predicted molar refractivity (Wildman–Crippen MR) is 84.1 cm³/mol. The summed E-state index contributed by atoms with van der Waals surface area (Å²) in [6.45, 7) is 4.45. The minimum atomic E-state index is -0.281. The van der Waals surface area contributed by atoms with Crippen LogP contribution in [0.15, 0.2) is 30.5 Å². The van der Waals surface area contributed by atoms with E-state index in [4.69, 9.17) is 4.74 Å². The van der Waals surface area contributed by atoms with Crippen LogP contribution in [0.25, 0.3) is 10.9 Å². The number of benzene rings is 1. The van der Waals surface area contributed by atoms with Gasteiger partial charge in [0.15, 0.2) is 6.29 Å². The zero-order valence-electron chi connectivity index (χ0n) is 12.7. The summed E-state index contributed by atoms with van der Waals surface area (Å²) < 4.78 is 7.26. The summed E-state index contributed by atoms with van der Waals surface area (Å²) in [5, 5.41) is 0.894. The molecule has 0 radical (unpaired) electrons. The van der Waals surface area contributed by atoms with E-state index in [2.05, 4.69) is 0 Å². The summed E-state index contributed by atoms with van der Waals surface area (Å²) in [7, 11) is 0. The van der Waals surface area contributed by atoms with Gasteiger partial charge in [0, 0.05) is 35.8 Å². The maximum atomic E-state index is 12.8. The maximum absolute atomic E-state index is 12.8. The van der Waals surface area contributed by atoms with Gasteiger partial charge in [-0.05, 0) is 12.5 Å². The molecule has 1 aliphatic rings. The fourth-order valence-electron chi connectivity index (χ4n) is 3.07. The molecule has 0 aliphatic carbocycles. The average molecular weight is 300 g/mol. The summed E-state index contributed by atoms with van der Waals surface area (Å²) in [4.78, 5) is 26.0. The van der Waals surface area contributed by atoms with Crippen LogP contribution >= 0.6 is 0 Å². The van der Waals surface area contributed by atoms with Gasteiger partial charge in [-0.1, -0.05) is 25.1 Å². The van der Waals surface area contributed by atoms with Crippen LogP contribution in [0, 0.1) is 0 Å². The van der Waals surface area contributed by atoms with E-state index in [-0.39, 0.29) is 11.9 Å². The Bertz CT molecular complexity index is 686. The quantitative estimate of drug-likeness (QED) is 0.814. The van der Waals surface area contributed by atoms with Crippen molar-refractivity contribution in [1.82, 2.24) is 9.47 Å². The van der Waals surface area contributed by atoms with Crippen LogP contribution in [-0.4, -0.2) is 48.0 Å². The number of nitrogens with zero attached hydrogens (tertiary/aromatic N) is 2. The Morgan fingerprint density at radius 3 is 2.73 bits per heavy atom. The summed E-state index contributed by atoms with van der Waals surface area (Å²) in [5.74, 6) is 0.101. The number of morpholine rings is 1. The van der Waals surface area contributed by atoms with Crippen LogP contribution < -0.4 is 0 Å². The number of aromatic nitrogens is 1. The highest BCUT2D eigenvalue weighted by Crippen LogP contribution is 2.26. The van der Waals surface area contributed by atoms with Gasteiger partial charge in [0.1, 0.15) is 6.04 Å². The Kier molecular flexibility index (Phi) is 4.24. The number of carbonyl (C=O) groups is 2.